The molecule has 120 valence electrons. The molecular weight excluding hydrogens is 354 g/mol. The van der Waals surface area contributed by atoms with Crippen LogP contribution >= 0.6 is 23.2 Å². The van der Waals surface area contributed by atoms with Crippen molar-refractivity contribution in [2.75, 3.05) is 5.43 Å². The molecule has 0 unspecified atom stereocenters. The summed E-state index contributed by atoms with van der Waals surface area (Å²) in [6.45, 7) is 0. The van der Waals surface area contributed by atoms with Crippen LogP contribution in [-0.2, 0) is 6.18 Å². The Kier molecular flexibility index (Phi) is 5.23. The summed E-state index contributed by atoms with van der Waals surface area (Å²) < 4.78 is 37.4. The normalized spacial score (nSPS) is 11.7. The number of benzene rings is 1. The van der Waals surface area contributed by atoms with Gasteiger partial charge in [-0.3, -0.25) is 10.2 Å². The first-order chi connectivity index (χ1) is 10.8. The minimum absolute atomic E-state index is 0.0974. The van der Waals surface area contributed by atoms with Crippen LogP contribution in [-0.4, -0.2) is 17.0 Å². The molecule has 0 saturated carbocycles. The maximum atomic E-state index is 12.5. The lowest BCUT2D eigenvalue weighted by atomic mass is 10.1. The van der Waals surface area contributed by atoms with Crippen molar-refractivity contribution in [2.24, 2.45) is 5.10 Å². The molecule has 0 aliphatic carbocycles. The number of carbonyl (C=O) groups excluding carboxylic acids is 1. The SMILES string of the molecule is O=C(C=NNc1ncc(C(F)(F)F)cc1Cl)c1ccc(Cl)cc1. The highest BCUT2D eigenvalue weighted by atomic mass is 35.5. The van der Waals surface area contributed by atoms with E-state index in [-0.39, 0.29) is 10.8 Å². The van der Waals surface area contributed by atoms with Gasteiger partial charge < -0.3 is 0 Å². The lowest BCUT2D eigenvalue weighted by Crippen LogP contribution is -2.07. The first kappa shape index (κ1) is 17.2. The lowest BCUT2D eigenvalue weighted by molar-refractivity contribution is -0.137. The number of pyridine rings is 1. The van der Waals surface area contributed by atoms with Crippen molar-refractivity contribution in [1.82, 2.24) is 4.98 Å². The number of halogens is 5. The fourth-order valence-electron chi connectivity index (χ4n) is 1.52. The van der Waals surface area contributed by atoms with Crippen LogP contribution in [0.1, 0.15) is 15.9 Å². The van der Waals surface area contributed by atoms with Gasteiger partial charge in [-0.25, -0.2) is 4.98 Å². The average molecular weight is 362 g/mol. The number of anilines is 1. The quantitative estimate of drug-likeness (QED) is 0.488. The van der Waals surface area contributed by atoms with Gasteiger partial charge >= 0.3 is 6.18 Å². The zero-order chi connectivity index (χ0) is 17.0. The Hall–Kier alpha value is -2.12. The van der Waals surface area contributed by atoms with Crippen molar-refractivity contribution in [3.8, 4) is 0 Å². The van der Waals surface area contributed by atoms with Crippen molar-refractivity contribution in [3.63, 3.8) is 0 Å². The van der Waals surface area contributed by atoms with Gasteiger partial charge in [0.05, 0.1) is 16.8 Å². The van der Waals surface area contributed by atoms with Crippen LogP contribution < -0.4 is 5.43 Å². The van der Waals surface area contributed by atoms with E-state index in [2.05, 4.69) is 15.5 Å². The molecule has 2 aromatic rings. The van der Waals surface area contributed by atoms with Crippen LogP contribution in [0.3, 0.4) is 0 Å². The molecule has 1 N–H and O–H groups in total. The summed E-state index contributed by atoms with van der Waals surface area (Å²) in [5.74, 6) is -0.517. The Morgan fingerprint density at radius 3 is 2.43 bits per heavy atom. The molecule has 9 heteroatoms. The number of nitrogens with one attached hydrogen (secondary N) is 1. The average Bonchev–Trinajstić information content (AvgIpc) is 2.48. The number of hydrogen-bond acceptors (Lipinski definition) is 4. The van der Waals surface area contributed by atoms with Crippen LogP contribution in [0.4, 0.5) is 19.0 Å². The molecule has 0 saturated heterocycles. The number of rotatable bonds is 4. The third-order valence-electron chi connectivity index (χ3n) is 2.65. The maximum Gasteiger partial charge on any atom is 0.417 e. The second-order valence-electron chi connectivity index (χ2n) is 4.29. The van der Waals surface area contributed by atoms with E-state index in [4.69, 9.17) is 23.2 Å². The Morgan fingerprint density at radius 2 is 1.87 bits per heavy atom. The van der Waals surface area contributed by atoms with Gasteiger partial charge in [-0.15, -0.1) is 0 Å². The number of hydrogen-bond donors (Lipinski definition) is 1. The molecule has 0 bridgehead atoms. The fraction of sp³-hybridized carbons (Fsp3) is 0.0714. The van der Waals surface area contributed by atoms with Gasteiger partial charge in [0.25, 0.3) is 0 Å². The van der Waals surface area contributed by atoms with E-state index < -0.39 is 17.5 Å². The van der Waals surface area contributed by atoms with Crippen LogP contribution in [0.2, 0.25) is 10.0 Å². The molecule has 2 rings (SSSR count). The molecule has 1 heterocycles. The zero-order valence-electron chi connectivity index (χ0n) is 11.2. The van der Waals surface area contributed by atoms with E-state index in [0.717, 1.165) is 6.21 Å². The van der Waals surface area contributed by atoms with Gasteiger partial charge in [0, 0.05) is 16.8 Å². The van der Waals surface area contributed by atoms with Gasteiger partial charge in [-0.2, -0.15) is 18.3 Å². The minimum Gasteiger partial charge on any atom is -0.287 e. The lowest BCUT2D eigenvalue weighted by Gasteiger charge is -2.08. The Bertz CT molecular complexity index is 746. The Labute approximate surface area is 138 Å². The second-order valence-corrected chi connectivity index (χ2v) is 5.14. The highest BCUT2D eigenvalue weighted by Gasteiger charge is 2.31. The first-order valence-electron chi connectivity index (χ1n) is 6.09. The van der Waals surface area contributed by atoms with Crippen molar-refractivity contribution in [3.05, 3.63) is 57.7 Å². The largest absolute Gasteiger partial charge is 0.417 e. The van der Waals surface area contributed by atoms with Crippen molar-refractivity contribution in [2.45, 2.75) is 6.18 Å². The highest BCUT2D eigenvalue weighted by molar-refractivity contribution is 6.36. The molecule has 0 aliphatic heterocycles. The third kappa shape index (κ3) is 4.67. The molecule has 1 aromatic heterocycles. The van der Waals surface area contributed by atoms with Gasteiger partial charge in [-0.1, -0.05) is 23.2 Å². The van der Waals surface area contributed by atoms with Crippen molar-refractivity contribution in [1.29, 1.82) is 0 Å². The fourth-order valence-corrected chi connectivity index (χ4v) is 1.85. The van der Waals surface area contributed by atoms with Gasteiger partial charge in [-0.05, 0) is 30.3 Å². The second kappa shape index (κ2) is 6.97. The summed E-state index contributed by atoms with van der Waals surface area (Å²) in [5.41, 5.74) is 1.69. The van der Waals surface area contributed by atoms with Gasteiger partial charge in [0.2, 0.25) is 5.78 Å². The van der Waals surface area contributed by atoms with Crippen LogP contribution in [0.15, 0.2) is 41.6 Å². The molecular formula is C14H8Cl2F3N3O. The van der Waals surface area contributed by atoms with Crippen molar-refractivity contribution >= 4 is 41.0 Å². The monoisotopic (exact) mass is 361 g/mol. The topological polar surface area (TPSA) is 54.4 Å². The van der Waals surface area contributed by atoms with E-state index >= 15 is 0 Å². The summed E-state index contributed by atoms with van der Waals surface area (Å²) >= 11 is 11.4. The molecule has 0 atom stereocenters. The summed E-state index contributed by atoms with van der Waals surface area (Å²) in [5, 5.41) is 3.82. The number of alkyl halides is 3. The highest BCUT2D eigenvalue weighted by Crippen LogP contribution is 2.32. The Balaban J connectivity index is 2.05. The number of ketones is 1. The molecule has 0 radical (unpaired) electrons. The van der Waals surface area contributed by atoms with E-state index in [1.54, 1.807) is 12.1 Å². The Morgan fingerprint density at radius 1 is 1.22 bits per heavy atom. The summed E-state index contributed by atoms with van der Waals surface area (Å²) in [4.78, 5) is 15.3. The summed E-state index contributed by atoms with van der Waals surface area (Å²) in [6, 6.07) is 6.84. The molecule has 1 aromatic carbocycles. The van der Waals surface area contributed by atoms with Crippen molar-refractivity contribution < 1.29 is 18.0 Å². The third-order valence-corrected chi connectivity index (χ3v) is 3.19. The van der Waals surface area contributed by atoms with Crippen LogP contribution in [0.5, 0.6) is 0 Å². The molecule has 0 amide bonds. The van der Waals surface area contributed by atoms with Gasteiger partial charge in [0.15, 0.2) is 5.82 Å². The van der Waals surface area contributed by atoms with Crippen LogP contribution in [0.25, 0.3) is 0 Å². The molecule has 0 spiro atoms. The number of Topliss-reactive ketones (excluding diaryl/α,β-unsaturated/α-hetero) is 1. The van der Waals surface area contributed by atoms with Crippen LogP contribution in [0, 0.1) is 0 Å². The zero-order valence-corrected chi connectivity index (χ0v) is 12.7. The number of hydrazone groups is 1. The molecule has 4 nitrogen and oxygen atoms in total. The molecule has 0 aliphatic rings. The standard InChI is InChI=1S/C14H8Cl2F3N3O/c15-10-3-1-8(2-4-10)12(23)7-21-22-13-11(16)5-9(6-20-13)14(17,18)19/h1-7H,(H,20,22). The van der Waals surface area contributed by atoms with E-state index in [9.17, 15) is 18.0 Å². The van der Waals surface area contributed by atoms with Gasteiger partial charge in [0.1, 0.15) is 0 Å². The molecule has 23 heavy (non-hydrogen) atoms. The predicted octanol–water partition coefficient (Wildman–Crippen LogP) is 4.69. The minimum atomic E-state index is -4.54. The van der Waals surface area contributed by atoms with E-state index in [1.165, 1.54) is 12.1 Å². The summed E-state index contributed by atoms with van der Waals surface area (Å²) in [7, 11) is 0. The van der Waals surface area contributed by atoms with E-state index in [1.807, 2.05) is 0 Å². The smallest absolute Gasteiger partial charge is 0.287 e. The number of nitrogens with zero attached hydrogens (tertiary/aromatic N) is 2. The number of aromatic nitrogens is 1. The predicted molar refractivity (Wildman–Crippen MR) is 82.1 cm³/mol. The number of carbonyl (C=O) groups is 1. The maximum absolute atomic E-state index is 12.5. The van der Waals surface area contributed by atoms with E-state index in [0.29, 0.717) is 22.8 Å². The molecule has 0 fully saturated rings. The first-order valence-corrected chi connectivity index (χ1v) is 6.84. The summed E-state index contributed by atoms with van der Waals surface area (Å²) in [6.07, 6.45) is -2.97.